The molecule has 0 saturated carbocycles. The summed E-state index contributed by atoms with van der Waals surface area (Å²) >= 11 is 3.48. The number of carbonyl (C=O) groups excluding carboxylic acids is 1. The first-order chi connectivity index (χ1) is 10.5. The van der Waals surface area contributed by atoms with Gasteiger partial charge < -0.3 is 15.8 Å². The molecule has 0 spiro atoms. The van der Waals surface area contributed by atoms with Crippen molar-refractivity contribution in [3.05, 3.63) is 64.1 Å². The summed E-state index contributed by atoms with van der Waals surface area (Å²) in [5.74, 6) is 0.163. The molecule has 0 unspecified atom stereocenters. The minimum absolute atomic E-state index is 0.0997. The Balaban J connectivity index is 1.87. The Bertz CT molecular complexity index is 629. The van der Waals surface area contributed by atoms with E-state index in [4.69, 9.17) is 10.5 Å². The van der Waals surface area contributed by atoms with Crippen LogP contribution in [0.1, 0.15) is 24.1 Å². The summed E-state index contributed by atoms with van der Waals surface area (Å²) in [4.78, 5) is 10.7. The molecule has 0 bridgehead atoms. The molecule has 0 aliphatic heterocycles. The number of nitrogens with two attached hydrogens (primary N) is 1. The molecule has 2 aromatic rings. The van der Waals surface area contributed by atoms with Crippen molar-refractivity contribution in [1.82, 2.24) is 5.32 Å². The summed E-state index contributed by atoms with van der Waals surface area (Å²) in [7, 11) is 0. The molecule has 1 atom stereocenters. The van der Waals surface area contributed by atoms with Gasteiger partial charge in [0.1, 0.15) is 5.75 Å². The quantitative estimate of drug-likeness (QED) is 0.794. The lowest BCUT2D eigenvalue weighted by molar-refractivity contribution is -0.119. The van der Waals surface area contributed by atoms with E-state index < -0.39 is 5.91 Å². The van der Waals surface area contributed by atoms with Crippen molar-refractivity contribution < 1.29 is 9.53 Å². The van der Waals surface area contributed by atoms with Gasteiger partial charge in [-0.05, 0) is 42.3 Å². The van der Waals surface area contributed by atoms with Gasteiger partial charge in [0.05, 0.1) is 0 Å². The SMILES string of the molecule is C[C@@H](NCc1ccc(OCC(N)=O)cc1)c1cccc(Br)c1. The Hall–Kier alpha value is -1.85. The number of carbonyl (C=O) groups is 1. The van der Waals surface area contributed by atoms with Crippen LogP contribution >= 0.6 is 15.9 Å². The highest BCUT2D eigenvalue weighted by Crippen LogP contribution is 2.18. The van der Waals surface area contributed by atoms with Crippen molar-refractivity contribution in [2.75, 3.05) is 6.61 Å². The minimum Gasteiger partial charge on any atom is -0.484 e. The van der Waals surface area contributed by atoms with E-state index >= 15 is 0 Å². The number of halogens is 1. The fourth-order valence-corrected chi connectivity index (χ4v) is 2.44. The molecule has 0 aromatic heterocycles. The zero-order valence-electron chi connectivity index (χ0n) is 12.4. The third-order valence-corrected chi connectivity index (χ3v) is 3.76. The Morgan fingerprint density at radius 3 is 2.64 bits per heavy atom. The van der Waals surface area contributed by atoms with E-state index in [9.17, 15) is 4.79 Å². The number of benzene rings is 2. The molecule has 4 nitrogen and oxygen atoms in total. The van der Waals surface area contributed by atoms with Gasteiger partial charge >= 0.3 is 0 Å². The maximum atomic E-state index is 10.7. The van der Waals surface area contributed by atoms with Gasteiger partial charge in [0, 0.05) is 17.1 Å². The molecule has 22 heavy (non-hydrogen) atoms. The Labute approximate surface area is 138 Å². The smallest absolute Gasteiger partial charge is 0.255 e. The molecule has 0 heterocycles. The number of hydrogen-bond donors (Lipinski definition) is 2. The minimum atomic E-state index is -0.478. The highest BCUT2D eigenvalue weighted by Gasteiger charge is 2.05. The topological polar surface area (TPSA) is 64.3 Å². The zero-order chi connectivity index (χ0) is 15.9. The average Bonchev–Trinajstić information content (AvgIpc) is 2.51. The van der Waals surface area contributed by atoms with Gasteiger partial charge in [-0.15, -0.1) is 0 Å². The van der Waals surface area contributed by atoms with Crippen LogP contribution in [0.25, 0.3) is 0 Å². The van der Waals surface area contributed by atoms with Crippen LogP contribution in [0, 0.1) is 0 Å². The molecule has 1 amide bonds. The Morgan fingerprint density at radius 2 is 2.00 bits per heavy atom. The second-order valence-electron chi connectivity index (χ2n) is 5.06. The number of amides is 1. The van der Waals surface area contributed by atoms with Gasteiger partial charge in [-0.25, -0.2) is 0 Å². The van der Waals surface area contributed by atoms with Crippen LogP contribution in [0.5, 0.6) is 5.75 Å². The molecule has 116 valence electrons. The van der Waals surface area contributed by atoms with Crippen molar-refractivity contribution in [3.63, 3.8) is 0 Å². The summed E-state index contributed by atoms with van der Waals surface area (Å²) in [6.45, 7) is 2.79. The predicted octanol–water partition coefficient (Wildman–Crippen LogP) is 3.16. The first-order valence-corrected chi connectivity index (χ1v) is 7.83. The number of nitrogens with one attached hydrogen (secondary N) is 1. The van der Waals surface area contributed by atoms with Crippen LogP contribution in [0.2, 0.25) is 0 Å². The van der Waals surface area contributed by atoms with Crippen molar-refractivity contribution in [2.45, 2.75) is 19.5 Å². The van der Waals surface area contributed by atoms with Gasteiger partial charge in [0.25, 0.3) is 5.91 Å². The molecule has 3 N–H and O–H groups in total. The van der Waals surface area contributed by atoms with Crippen molar-refractivity contribution >= 4 is 21.8 Å². The molecule has 0 aliphatic rings. The largest absolute Gasteiger partial charge is 0.484 e. The van der Waals surface area contributed by atoms with Crippen molar-refractivity contribution in [1.29, 1.82) is 0 Å². The highest BCUT2D eigenvalue weighted by atomic mass is 79.9. The molecule has 0 saturated heterocycles. The van der Waals surface area contributed by atoms with Crippen molar-refractivity contribution in [3.8, 4) is 5.75 Å². The van der Waals surface area contributed by atoms with Crippen LogP contribution in [0.4, 0.5) is 0 Å². The molecular weight excluding hydrogens is 344 g/mol. The molecular formula is C17H19BrN2O2. The average molecular weight is 363 g/mol. The maximum absolute atomic E-state index is 10.7. The summed E-state index contributed by atoms with van der Waals surface area (Å²) < 4.78 is 6.31. The highest BCUT2D eigenvalue weighted by molar-refractivity contribution is 9.10. The van der Waals surface area contributed by atoms with E-state index in [0.29, 0.717) is 5.75 Å². The summed E-state index contributed by atoms with van der Waals surface area (Å²) in [6, 6.07) is 16.1. The lowest BCUT2D eigenvalue weighted by atomic mass is 10.1. The van der Waals surface area contributed by atoms with Crippen LogP contribution in [0.3, 0.4) is 0 Å². The molecule has 2 aromatic carbocycles. The number of primary amides is 1. The number of ether oxygens (including phenoxy) is 1. The number of rotatable bonds is 7. The first kappa shape index (κ1) is 16.5. The van der Waals surface area contributed by atoms with E-state index in [0.717, 1.165) is 16.6 Å². The Morgan fingerprint density at radius 1 is 1.27 bits per heavy atom. The van der Waals surface area contributed by atoms with E-state index in [1.165, 1.54) is 5.56 Å². The van der Waals surface area contributed by atoms with Gasteiger partial charge in [0.2, 0.25) is 0 Å². The maximum Gasteiger partial charge on any atom is 0.255 e. The van der Waals surface area contributed by atoms with E-state index in [1.54, 1.807) is 0 Å². The first-order valence-electron chi connectivity index (χ1n) is 7.03. The molecule has 0 radical (unpaired) electrons. The third kappa shape index (κ3) is 5.16. The molecule has 0 aliphatic carbocycles. The van der Waals surface area contributed by atoms with Crippen LogP contribution in [0.15, 0.2) is 53.0 Å². The van der Waals surface area contributed by atoms with Gasteiger partial charge in [-0.3, -0.25) is 4.79 Å². The summed E-state index contributed by atoms with van der Waals surface area (Å²) in [5.41, 5.74) is 7.42. The predicted molar refractivity (Wildman–Crippen MR) is 90.5 cm³/mol. The van der Waals surface area contributed by atoms with Crippen LogP contribution in [-0.4, -0.2) is 12.5 Å². The number of hydrogen-bond acceptors (Lipinski definition) is 3. The fourth-order valence-electron chi connectivity index (χ4n) is 2.02. The fraction of sp³-hybridized carbons (Fsp3) is 0.235. The van der Waals surface area contributed by atoms with E-state index in [-0.39, 0.29) is 12.6 Å². The van der Waals surface area contributed by atoms with Crippen LogP contribution in [-0.2, 0) is 11.3 Å². The van der Waals surface area contributed by atoms with Gasteiger partial charge in [0.15, 0.2) is 6.61 Å². The monoisotopic (exact) mass is 362 g/mol. The second kappa shape index (κ2) is 7.96. The van der Waals surface area contributed by atoms with E-state index in [2.05, 4.69) is 40.3 Å². The van der Waals surface area contributed by atoms with Crippen molar-refractivity contribution in [2.24, 2.45) is 5.73 Å². The Kier molecular flexibility index (Phi) is 5.98. The third-order valence-electron chi connectivity index (χ3n) is 3.27. The van der Waals surface area contributed by atoms with Gasteiger partial charge in [-0.1, -0.05) is 40.2 Å². The molecule has 5 heteroatoms. The lowest BCUT2D eigenvalue weighted by Gasteiger charge is -2.15. The van der Waals surface area contributed by atoms with Crippen LogP contribution < -0.4 is 15.8 Å². The van der Waals surface area contributed by atoms with Gasteiger partial charge in [-0.2, -0.15) is 0 Å². The van der Waals surface area contributed by atoms with E-state index in [1.807, 2.05) is 36.4 Å². The standard InChI is InChI=1S/C17H19BrN2O2/c1-12(14-3-2-4-15(18)9-14)20-10-13-5-7-16(8-6-13)22-11-17(19)21/h2-9,12,20H,10-11H2,1H3,(H2,19,21)/t12-/m1/s1. The lowest BCUT2D eigenvalue weighted by Crippen LogP contribution is -2.20. The second-order valence-corrected chi connectivity index (χ2v) is 5.97. The summed E-state index contributed by atoms with van der Waals surface area (Å²) in [6.07, 6.45) is 0. The molecule has 0 fully saturated rings. The normalized spacial score (nSPS) is 11.9. The zero-order valence-corrected chi connectivity index (χ0v) is 14.0. The summed E-state index contributed by atoms with van der Waals surface area (Å²) in [5, 5.41) is 3.48. The molecule has 2 rings (SSSR count).